The van der Waals surface area contributed by atoms with Gasteiger partial charge in [-0.05, 0) is 18.4 Å². The molecule has 0 saturated heterocycles. The molecular weight excluding hydrogens is 264 g/mol. The molecule has 1 saturated carbocycles. The Morgan fingerprint density at radius 2 is 1.62 bits per heavy atom. The zero-order valence-electron chi connectivity index (χ0n) is 13.9. The lowest BCUT2D eigenvalue weighted by Gasteiger charge is -2.18. The van der Waals surface area contributed by atoms with Gasteiger partial charge in [0, 0.05) is 7.11 Å². The van der Waals surface area contributed by atoms with E-state index in [2.05, 4.69) is 4.74 Å². The molecule has 0 radical (unpaired) electrons. The van der Waals surface area contributed by atoms with Crippen LogP contribution in [0.4, 0.5) is 0 Å². The summed E-state index contributed by atoms with van der Waals surface area (Å²) in [4.78, 5) is 10.9. The molecule has 0 spiro atoms. The minimum absolute atomic E-state index is 0.0142. The van der Waals surface area contributed by atoms with Crippen LogP contribution in [0, 0.1) is 5.92 Å². The highest BCUT2D eigenvalue weighted by Crippen LogP contribution is 2.24. The lowest BCUT2D eigenvalue weighted by molar-refractivity contribution is -0.146. The maximum Gasteiger partial charge on any atom is 0.308 e. The second kappa shape index (κ2) is 13.6. The predicted octanol–water partition coefficient (Wildman–Crippen LogP) is 4.60. The van der Waals surface area contributed by atoms with Crippen LogP contribution in [0.2, 0.25) is 0 Å². The van der Waals surface area contributed by atoms with Gasteiger partial charge in [-0.25, -0.2) is 0 Å². The highest BCUT2D eigenvalue weighted by molar-refractivity contribution is 5.72. The van der Waals surface area contributed by atoms with Crippen LogP contribution in [0.1, 0.15) is 51.5 Å². The lowest BCUT2D eigenvalue weighted by Crippen LogP contribution is -2.18. The first kappa shape index (κ1) is 19.7. The molecule has 0 amide bonds. The Morgan fingerprint density at radius 3 is 2.10 bits per heavy atom. The van der Waals surface area contributed by atoms with E-state index in [0.29, 0.717) is 6.61 Å². The quantitative estimate of drug-likeness (QED) is 0.764. The maximum absolute atomic E-state index is 10.9. The van der Waals surface area contributed by atoms with Gasteiger partial charge in [-0.15, -0.1) is 0 Å². The summed E-state index contributed by atoms with van der Waals surface area (Å²) in [5.41, 5.74) is 1.22. The number of carbonyl (C=O) groups excluding carboxylic acids is 1. The van der Waals surface area contributed by atoms with Crippen molar-refractivity contribution in [3.8, 4) is 0 Å². The highest BCUT2D eigenvalue weighted by atomic mass is 16.5. The molecule has 0 N–H and O–H groups in total. The molecule has 3 heteroatoms. The number of esters is 1. The summed E-state index contributed by atoms with van der Waals surface area (Å²) in [6, 6.07) is 10.1. The molecule has 0 atom stereocenters. The second-order valence-electron chi connectivity index (χ2n) is 4.78. The van der Waals surface area contributed by atoms with Crippen molar-refractivity contribution in [1.82, 2.24) is 0 Å². The molecule has 1 aromatic rings. The number of methoxy groups -OCH3 is 2. The first-order valence-corrected chi connectivity index (χ1v) is 7.88. The standard InChI is InChI=1S/C8H14O2.C8H10O.C2H6/c1-10-8(9)7-5-3-2-4-6-7;1-9-7-8-5-3-2-4-6-8;1-2/h7H,2-6H2,1H3;2-6H,7H2,1H3;1-2H3. The summed E-state index contributed by atoms with van der Waals surface area (Å²) in [7, 11) is 3.17. The largest absolute Gasteiger partial charge is 0.469 e. The van der Waals surface area contributed by atoms with Gasteiger partial charge in [0.05, 0.1) is 19.6 Å². The van der Waals surface area contributed by atoms with Gasteiger partial charge in [-0.3, -0.25) is 4.79 Å². The van der Waals surface area contributed by atoms with Crippen LogP contribution < -0.4 is 0 Å². The maximum atomic E-state index is 10.9. The zero-order valence-corrected chi connectivity index (χ0v) is 13.9. The van der Waals surface area contributed by atoms with Gasteiger partial charge in [-0.2, -0.15) is 0 Å². The molecule has 0 aliphatic heterocycles. The molecule has 2 rings (SSSR count). The minimum atomic E-state index is -0.0142. The topological polar surface area (TPSA) is 35.5 Å². The molecule has 0 aromatic heterocycles. The zero-order chi connectivity index (χ0) is 15.9. The molecule has 21 heavy (non-hydrogen) atoms. The van der Waals surface area contributed by atoms with E-state index in [4.69, 9.17) is 4.74 Å². The summed E-state index contributed by atoms with van der Waals surface area (Å²) < 4.78 is 9.58. The summed E-state index contributed by atoms with van der Waals surface area (Å²) >= 11 is 0. The fourth-order valence-corrected chi connectivity index (χ4v) is 2.25. The highest BCUT2D eigenvalue weighted by Gasteiger charge is 2.20. The molecule has 1 aromatic carbocycles. The van der Waals surface area contributed by atoms with Crippen LogP contribution in [0.15, 0.2) is 30.3 Å². The third-order valence-corrected chi connectivity index (χ3v) is 3.29. The Bertz CT molecular complexity index is 343. The normalized spacial score (nSPS) is 14.1. The van der Waals surface area contributed by atoms with Crippen molar-refractivity contribution >= 4 is 5.97 Å². The Kier molecular flexibility index (Phi) is 12.7. The summed E-state index contributed by atoms with van der Waals surface area (Å²) in [5, 5.41) is 0. The van der Waals surface area contributed by atoms with Crippen molar-refractivity contribution in [1.29, 1.82) is 0 Å². The van der Waals surface area contributed by atoms with Crippen molar-refractivity contribution in [3.63, 3.8) is 0 Å². The number of rotatable bonds is 3. The van der Waals surface area contributed by atoms with E-state index in [9.17, 15) is 4.79 Å². The number of benzene rings is 1. The monoisotopic (exact) mass is 294 g/mol. The molecular formula is C18H30O3. The van der Waals surface area contributed by atoms with Crippen LogP contribution in [-0.2, 0) is 20.9 Å². The van der Waals surface area contributed by atoms with Crippen molar-refractivity contribution < 1.29 is 14.3 Å². The van der Waals surface area contributed by atoms with Crippen molar-refractivity contribution in [2.75, 3.05) is 14.2 Å². The Balaban J connectivity index is 0.000000342. The van der Waals surface area contributed by atoms with Crippen LogP contribution in [0.25, 0.3) is 0 Å². The molecule has 1 aliphatic rings. The van der Waals surface area contributed by atoms with E-state index < -0.39 is 0 Å². The van der Waals surface area contributed by atoms with Gasteiger partial charge in [0.1, 0.15) is 0 Å². The summed E-state index contributed by atoms with van der Waals surface area (Å²) in [6.45, 7) is 4.71. The van der Waals surface area contributed by atoms with Gasteiger partial charge in [-0.1, -0.05) is 63.4 Å². The summed E-state index contributed by atoms with van der Waals surface area (Å²) in [6.07, 6.45) is 5.74. The average molecular weight is 294 g/mol. The Labute approximate surface area is 129 Å². The van der Waals surface area contributed by atoms with E-state index in [-0.39, 0.29) is 11.9 Å². The Hall–Kier alpha value is -1.35. The van der Waals surface area contributed by atoms with Crippen LogP contribution in [-0.4, -0.2) is 20.2 Å². The van der Waals surface area contributed by atoms with Gasteiger partial charge in [0.2, 0.25) is 0 Å². The summed E-state index contributed by atoms with van der Waals surface area (Å²) in [5.74, 6) is 0.193. The fraction of sp³-hybridized carbons (Fsp3) is 0.611. The van der Waals surface area contributed by atoms with Gasteiger partial charge >= 0.3 is 5.97 Å². The van der Waals surface area contributed by atoms with Crippen molar-refractivity contribution in [2.24, 2.45) is 5.92 Å². The minimum Gasteiger partial charge on any atom is -0.469 e. The lowest BCUT2D eigenvalue weighted by atomic mass is 9.89. The van der Waals surface area contributed by atoms with Gasteiger partial charge < -0.3 is 9.47 Å². The number of hydrogen-bond donors (Lipinski definition) is 0. The number of carbonyl (C=O) groups is 1. The SMILES string of the molecule is CC.COC(=O)C1CCCCC1.COCc1ccccc1. The van der Waals surface area contributed by atoms with Crippen LogP contribution in [0.3, 0.4) is 0 Å². The van der Waals surface area contributed by atoms with Gasteiger partial charge in [0.25, 0.3) is 0 Å². The van der Waals surface area contributed by atoms with Crippen LogP contribution in [0.5, 0.6) is 0 Å². The molecule has 0 unspecified atom stereocenters. The van der Waals surface area contributed by atoms with E-state index in [1.54, 1.807) is 7.11 Å². The Morgan fingerprint density at radius 1 is 1.05 bits per heavy atom. The molecule has 120 valence electrons. The molecule has 1 fully saturated rings. The van der Waals surface area contributed by atoms with Gasteiger partial charge in [0.15, 0.2) is 0 Å². The van der Waals surface area contributed by atoms with E-state index >= 15 is 0 Å². The van der Waals surface area contributed by atoms with Crippen molar-refractivity contribution in [2.45, 2.75) is 52.6 Å². The first-order chi connectivity index (χ1) is 10.3. The average Bonchev–Trinajstić information content (AvgIpc) is 2.58. The van der Waals surface area contributed by atoms with Crippen molar-refractivity contribution in [3.05, 3.63) is 35.9 Å². The third kappa shape index (κ3) is 9.24. The van der Waals surface area contributed by atoms with E-state index in [0.717, 1.165) is 12.8 Å². The molecule has 0 bridgehead atoms. The number of hydrogen-bond acceptors (Lipinski definition) is 3. The van der Waals surface area contributed by atoms with Crippen LogP contribution >= 0.6 is 0 Å². The molecule has 0 heterocycles. The molecule has 3 nitrogen and oxygen atoms in total. The molecule has 1 aliphatic carbocycles. The fourth-order valence-electron chi connectivity index (χ4n) is 2.25. The van der Waals surface area contributed by atoms with E-state index in [1.807, 2.05) is 44.2 Å². The second-order valence-corrected chi connectivity index (χ2v) is 4.78. The third-order valence-electron chi connectivity index (χ3n) is 3.29. The predicted molar refractivity (Wildman–Crippen MR) is 87.1 cm³/mol. The first-order valence-electron chi connectivity index (χ1n) is 7.88. The number of ether oxygens (including phenoxy) is 2. The smallest absolute Gasteiger partial charge is 0.308 e. The van der Waals surface area contributed by atoms with E-state index in [1.165, 1.54) is 31.9 Å².